The molecule has 0 aromatic carbocycles. The zero-order chi connectivity index (χ0) is 15.1. The lowest BCUT2D eigenvalue weighted by Crippen LogP contribution is -2.41. The zero-order valence-electron chi connectivity index (χ0n) is 13.2. The fourth-order valence-corrected chi connectivity index (χ4v) is 2.45. The highest BCUT2D eigenvalue weighted by Gasteiger charge is 2.51. The van der Waals surface area contributed by atoms with Gasteiger partial charge < -0.3 is 9.31 Å². The van der Waals surface area contributed by atoms with E-state index in [-0.39, 0.29) is 18.3 Å². The molecule has 1 aliphatic heterocycles. The van der Waals surface area contributed by atoms with Crippen molar-refractivity contribution in [3.05, 3.63) is 23.0 Å². The average Bonchev–Trinajstić information content (AvgIpc) is 2.46. The molecule has 1 aliphatic rings. The van der Waals surface area contributed by atoms with Crippen LogP contribution in [-0.2, 0) is 15.7 Å². The monoisotopic (exact) mass is 295 g/mol. The molecule has 3 nitrogen and oxygen atoms in total. The fourth-order valence-electron chi connectivity index (χ4n) is 2.21. The molecule has 1 aromatic rings. The first-order valence-electron chi connectivity index (χ1n) is 7.13. The van der Waals surface area contributed by atoms with Crippen molar-refractivity contribution >= 4 is 24.2 Å². The molecule has 110 valence electrons. The largest absolute Gasteiger partial charge is 0.495 e. The molecule has 0 unspecified atom stereocenters. The molecule has 0 spiro atoms. The molecule has 1 saturated heterocycles. The summed E-state index contributed by atoms with van der Waals surface area (Å²) in [5.74, 6) is 0.534. The predicted molar refractivity (Wildman–Crippen MR) is 83.5 cm³/mol. The van der Waals surface area contributed by atoms with Crippen molar-refractivity contribution in [1.29, 1.82) is 0 Å². The minimum atomic E-state index is -0.383. The molecular formula is C15H23BClNO2. The molecule has 20 heavy (non-hydrogen) atoms. The second-order valence-corrected chi connectivity index (χ2v) is 7.29. The minimum Gasteiger partial charge on any atom is -0.399 e. The van der Waals surface area contributed by atoms with Crippen LogP contribution in [0.25, 0.3) is 0 Å². The van der Waals surface area contributed by atoms with Gasteiger partial charge in [0.25, 0.3) is 0 Å². The van der Waals surface area contributed by atoms with Gasteiger partial charge in [-0.05, 0) is 57.6 Å². The highest BCUT2D eigenvalue weighted by atomic mass is 35.5. The van der Waals surface area contributed by atoms with Gasteiger partial charge in [0.05, 0.1) is 11.2 Å². The van der Waals surface area contributed by atoms with Crippen molar-refractivity contribution < 1.29 is 9.31 Å². The van der Waals surface area contributed by atoms with Gasteiger partial charge >= 0.3 is 7.12 Å². The normalized spacial score (nSPS) is 20.7. The van der Waals surface area contributed by atoms with Crippen molar-refractivity contribution in [2.24, 2.45) is 5.92 Å². The summed E-state index contributed by atoms with van der Waals surface area (Å²) in [7, 11) is -0.383. The van der Waals surface area contributed by atoms with Crippen molar-refractivity contribution in [2.75, 3.05) is 0 Å². The summed E-state index contributed by atoms with van der Waals surface area (Å²) in [5.41, 5.74) is 1.24. The summed E-state index contributed by atoms with van der Waals surface area (Å²) in [4.78, 5) is 4.37. The summed E-state index contributed by atoms with van der Waals surface area (Å²) in [6.07, 6.45) is 0.896. The number of pyridine rings is 1. The summed E-state index contributed by atoms with van der Waals surface area (Å²) in [6.45, 7) is 12.5. The van der Waals surface area contributed by atoms with Gasteiger partial charge in [-0.2, -0.15) is 0 Å². The molecule has 1 aromatic heterocycles. The maximum absolute atomic E-state index is 6.13. The molecule has 0 saturated carbocycles. The fraction of sp³-hybridized carbons (Fsp3) is 0.667. The third-order valence-electron chi connectivity index (χ3n) is 4.01. The Hall–Kier alpha value is -0.575. The Morgan fingerprint density at radius 1 is 1.15 bits per heavy atom. The van der Waals surface area contributed by atoms with E-state index in [1.54, 1.807) is 0 Å². The predicted octanol–water partition coefficient (Wildman–Crippen LogP) is 3.23. The van der Waals surface area contributed by atoms with Crippen LogP contribution in [0.4, 0.5) is 0 Å². The average molecular weight is 296 g/mol. The van der Waals surface area contributed by atoms with Crippen LogP contribution in [-0.4, -0.2) is 23.3 Å². The van der Waals surface area contributed by atoms with Gasteiger partial charge in [0.15, 0.2) is 0 Å². The van der Waals surface area contributed by atoms with E-state index in [1.807, 2.05) is 39.8 Å². The molecule has 1 fully saturated rings. The Labute approximate surface area is 127 Å². The number of hydrogen-bond acceptors (Lipinski definition) is 3. The van der Waals surface area contributed by atoms with Gasteiger partial charge in [-0.25, -0.2) is 4.98 Å². The number of aromatic nitrogens is 1. The number of halogens is 1. The summed E-state index contributed by atoms with van der Waals surface area (Å²) in [5, 5.41) is 0.493. The van der Waals surface area contributed by atoms with Gasteiger partial charge in [-0.15, -0.1) is 0 Å². The van der Waals surface area contributed by atoms with Crippen LogP contribution in [0.1, 0.15) is 47.2 Å². The molecule has 2 heterocycles. The van der Waals surface area contributed by atoms with Crippen LogP contribution in [0.5, 0.6) is 0 Å². The Morgan fingerprint density at radius 2 is 1.70 bits per heavy atom. The summed E-state index contributed by atoms with van der Waals surface area (Å²) in [6, 6.07) is 3.86. The lowest BCUT2D eigenvalue weighted by molar-refractivity contribution is 0.00578. The van der Waals surface area contributed by atoms with Crippen LogP contribution < -0.4 is 5.46 Å². The second kappa shape index (κ2) is 5.32. The van der Waals surface area contributed by atoms with Crippen molar-refractivity contribution in [3.8, 4) is 0 Å². The molecule has 0 aliphatic carbocycles. The Balaban J connectivity index is 2.28. The van der Waals surface area contributed by atoms with Gasteiger partial charge in [-0.1, -0.05) is 25.4 Å². The molecular weight excluding hydrogens is 272 g/mol. The Bertz CT molecular complexity index is 487. The minimum absolute atomic E-state index is 0.342. The quantitative estimate of drug-likeness (QED) is 0.634. The van der Waals surface area contributed by atoms with Gasteiger partial charge in [0.1, 0.15) is 5.15 Å². The summed E-state index contributed by atoms with van der Waals surface area (Å²) >= 11 is 6.13. The zero-order valence-corrected chi connectivity index (χ0v) is 13.9. The SMILES string of the molecule is CC(C)Cc1cc(B2OC(C)(C)C(C)(C)O2)cc(Cl)n1. The van der Waals surface area contributed by atoms with Crippen LogP contribution in [0.15, 0.2) is 12.1 Å². The van der Waals surface area contributed by atoms with Gasteiger partial charge in [0, 0.05) is 5.69 Å². The van der Waals surface area contributed by atoms with E-state index < -0.39 is 0 Å². The smallest absolute Gasteiger partial charge is 0.399 e. The van der Waals surface area contributed by atoms with Gasteiger partial charge in [0.2, 0.25) is 0 Å². The van der Waals surface area contributed by atoms with Gasteiger partial charge in [-0.3, -0.25) is 0 Å². The third kappa shape index (κ3) is 3.18. The molecule has 0 N–H and O–H groups in total. The third-order valence-corrected chi connectivity index (χ3v) is 4.21. The first-order valence-corrected chi connectivity index (χ1v) is 7.50. The first kappa shape index (κ1) is 15.8. The topological polar surface area (TPSA) is 31.4 Å². The van der Waals surface area contributed by atoms with Crippen molar-refractivity contribution in [3.63, 3.8) is 0 Å². The number of hydrogen-bond donors (Lipinski definition) is 0. The molecule has 0 bridgehead atoms. The van der Waals surface area contributed by atoms with Crippen molar-refractivity contribution in [1.82, 2.24) is 4.98 Å². The second-order valence-electron chi connectivity index (χ2n) is 6.90. The van der Waals surface area contributed by atoms with Crippen LogP contribution in [0.2, 0.25) is 5.15 Å². The van der Waals surface area contributed by atoms with E-state index in [1.165, 1.54) is 0 Å². The van der Waals surface area contributed by atoms with Crippen LogP contribution in [0, 0.1) is 5.92 Å². The molecule has 2 rings (SSSR count). The first-order chi connectivity index (χ1) is 9.10. The van der Waals surface area contributed by atoms with E-state index in [0.717, 1.165) is 17.6 Å². The van der Waals surface area contributed by atoms with E-state index in [0.29, 0.717) is 11.1 Å². The lowest BCUT2D eigenvalue weighted by Gasteiger charge is -2.32. The lowest BCUT2D eigenvalue weighted by atomic mass is 9.79. The molecule has 5 heteroatoms. The van der Waals surface area contributed by atoms with E-state index in [2.05, 4.69) is 18.8 Å². The molecule has 0 atom stereocenters. The highest BCUT2D eigenvalue weighted by molar-refractivity contribution is 6.62. The highest BCUT2D eigenvalue weighted by Crippen LogP contribution is 2.36. The van der Waals surface area contributed by atoms with Crippen LogP contribution in [0.3, 0.4) is 0 Å². The Morgan fingerprint density at radius 3 is 2.20 bits per heavy atom. The van der Waals surface area contributed by atoms with Crippen LogP contribution >= 0.6 is 11.6 Å². The summed E-state index contributed by atoms with van der Waals surface area (Å²) < 4.78 is 12.1. The van der Waals surface area contributed by atoms with Crippen molar-refractivity contribution in [2.45, 2.75) is 59.2 Å². The standard InChI is InChI=1S/C15H23BClNO2/c1-10(2)7-12-8-11(9-13(17)18-12)16-19-14(3,4)15(5,6)20-16/h8-10H,7H2,1-6H3. The van der Waals surface area contributed by atoms with E-state index in [9.17, 15) is 0 Å². The van der Waals surface area contributed by atoms with E-state index >= 15 is 0 Å². The Kier molecular flexibility index (Phi) is 4.21. The number of nitrogens with zero attached hydrogens (tertiary/aromatic N) is 1. The van der Waals surface area contributed by atoms with E-state index in [4.69, 9.17) is 20.9 Å². The maximum Gasteiger partial charge on any atom is 0.495 e. The molecule has 0 amide bonds. The number of rotatable bonds is 3. The maximum atomic E-state index is 6.13. The molecule has 0 radical (unpaired) electrons.